The standard InChI is InChI=1S/C14H15NO2/c16-9-10-17-14-8-4-7-13(11-14)15-12-5-2-1-3-6-12/h1-8,11,15-16H,9-10H2. The second-order valence-electron chi connectivity index (χ2n) is 3.59. The minimum Gasteiger partial charge on any atom is -0.491 e. The lowest BCUT2D eigenvalue weighted by Crippen LogP contribution is -2.01. The summed E-state index contributed by atoms with van der Waals surface area (Å²) in [6, 6.07) is 17.6. The van der Waals surface area contributed by atoms with Gasteiger partial charge < -0.3 is 15.2 Å². The smallest absolute Gasteiger partial charge is 0.121 e. The number of hydrogen-bond donors (Lipinski definition) is 2. The molecule has 3 heteroatoms. The van der Waals surface area contributed by atoms with Gasteiger partial charge in [0.1, 0.15) is 12.4 Å². The van der Waals surface area contributed by atoms with E-state index in [2.05, 4.69) is 5.32 Å². The fraction of sp³-hybridized carbons (Fsp3) is 0.143. The van der Waals surface area contributed by atoms with Crippen molar-refractivity contribution >= 4 is 11.4 Å². The predicted octanol–water partition coefficient (Wildman–Crippen LogP) is 2.80. The molecule has 0 spiro atoms. The molecule has 3 nitrogen and oxygen atoms in total. The SMILES string of the molecule is OCCOc1cccc(Nc2ccccc2)c1. The molecule has 88 valence electrons. The number of ether oxygens (including phenoxy) is 1. The summed E-state index contributed by atoms with van der Waals surface area (Å²) >= 11 is 0. The first-order valence-corrected chi connectivity index (χ1v) is 5.54. The van der Waals surface area contributed by atoms with Gasteiger partial charge in [-0.3, -0.25) is 0 Å². The van der Waals surface area contributed by atoms with E-state index >= 15 is 0 Å². The summed E-state index contributed by atoms with van der Waals surface area (Å²) in [6.45, 7) is 0.338. The third-order valence-corrected chi connectivity index (χ3v) is 2.26. The van der Waals surface area contributed by atoms with Crippen molar-refractivity contribution < 1.29 is 9.84 Å². The van der Waals surface area contributed by atoms with Crippen LogP contribution < -0.4 is 10.1 Å². The fourth-order valence-corrected chi connectivity index (χ4v) is 1.52. The molecule has 0 heterocycles. The van der Waals surface area contributed by atoms with Crippen LogP contribution in [0.5, 0.6) is 5.75 Å². The first kappa shape index (κ1) is 11.5. The van der Waals surface area contributed by atoms with Crippen molar-refractivity contribution in [3.63, 3.8) is 0 Å². The molecule has 0 radical (unpaired) electrons. The summed E-state index contributed by atoms with van der Waals surface area (Å²) in [5.41, 5.74) is 2.00. The summed E-state index contributed by atoms with van der Waals surface area (Å²) < 4.78 is 5.34. The molecule has 0 aliphatic carbocycles. The Hall–Kier alpha value is -2.00. The van der Waals surface area contributed by atoms with Crippen LogP contribution in [0.15, 0.2) is 54.6 Å². The average Bonchev–Trinajstić information content (AvgIpc) is 2.38. The van der Waals surface area contributed by atoms with E-state index in [1.807, 2.05) is 54.6 Å². The van der Waals surface area contributed by atoms with Gasteiger partial charge in [0.2, 0.25) is 0 Å². The molecule has 0 fully saturated rings. The number of aliphatic hydroxyl groups excluding tert-OH is 1. The maximum Gasteiger partial charge on any atom is 0.121 e. The monoisotopic (exact) mass is 229 g/mol. The Balaban J connectivity index is 2.06. The van der Waals surface area contributed by atoms with Gasteiger partial charge in [0.15, 0.2) is 0 Å². The van der Waals surface area contributed by atoms with Crippen LogP contribution in [0.25, 0.3) is 0 Å². The van der Waals surface area contributed by atoms with Crippen molar-refractivity contribution in [3.05, 3.63) is 54.6 Å². The van der Waals surface area contributed by atoms with Gasteiger partial charge in [-0.05, 0) is 24.3 Å². The highest BCUT2D eigenvalue weighted by Crippen LogP contribution is 2.21. The Morgan fingerprint density at radius 2 is 1.71 bits per heavy atom. The number of para-hydroxylation sites is 1. The van der Waals surface area contributed by atoms with E-state index < -0.39 is 0 Å². The van der Waals surface area contributed by atoms with Crippen LogP contribution in [-0.4, -0.2) is 18.3 Å². The number of nitrogens with one attached hydrogen (secondary N) is 1. The lowest BCUT2D eigenvalue weighted by atomic mass is 10.2. The van der Waals surface area contributed by atoms with E-state index in [1.54, 1.807) is 0 Å². The number of anilines is 2. The number of aliphatic hydroxyl groups is 1. The molecule has 2 N–H and O–H groups in total. The van der Waals surface area contributed by atoms with Gasteiger partial charge in [-0.2, -0.15) is 0 Å². The molecule has 2 aromatic carbocycles. The van der Waals surface area contributed by atoms with Crippen LogP contribution in [0.2, 0.25) is 0 Å². The zero-order valence-electron chi connectivity index (χ0n) is 9.47. The maximum atomic E-state index is 8.69. The van der Waals surface area contributed by atoms with Crippen LogP contribution in [0.4, 0.5) is 11.4 Å². The summed E-state index contributed by atoms with van der Waals surface area (Å²) in [4.78, 5) is 0. The van der Waals surface area contributed by atoms with E-state index in [4.69, 9.17) is 9.84 Å². The minimum absolute atomic E-state index is 0.0241. The van der Waals surface area contributed by atoms with Crippen molar-refractivity contribution in [2.75, 3.05) is 18.5 Å². The fourth-order valence-electron chi connectivity index (χ4n) is 1.52. The number of hydrogen-bond acceptors (Lipinski definition) is 3. The highest BCUT2D eigenvalue weighted by Gasteiger charge is 1.97. The van der Waals surface area contributed by atoms with E-state index in [0.29, 0.717) is 6.61 Å². The first-order valence-electron chi connectivity index (χ1n) is 5.54. The van der Waals surface area contributed by atoms with Crippen molar-refractivity contribution in [2.24, 2.45) is 0 Å². The predicted molar refractivity (Wildman–Crippen MR) is 68.7 cm³/mol. The first-order chi connectivity index (χ1) is 8.38. The van der Waals surface area contributed by atoms with Gasteiger partial charge in [0, 0.05) is 17.4 Å². The lowest BCUT2D eigenvalue weighted by molar-refractivity contribution is 0.201. The third kappa shape index (κ3) is 3.50. The maximum absolute atomic E-state index is 8.69. The zero-order valence-corrected chi connectivity index (χ0v) is 9.47. The molecular formula is C14H15NO2. The zero-order chi connectivity index (χ0) is 11.9. The van der Waals surface area contributed by atoms with Crippen LogP contribution in [0.3, 0.4) is 0 Å². The van der Waals surface area contributed by atoms with Gasteiger partial charge in [-0.1, -0.05) is 24.3 Å². The Bertz CT molecular complexity index is 457. The summed E-state index contributed by atoms with van der Waals surface area (Å²) in [7, 11) is 0. The van der Waals surface area contributed by atoms with Crippen molar-refractivity contribution in [1.82, 2.24) is 0 Å². The molecule has 2 aromatic rings. The number of benzene rings is 2. The van der Waals surface area contributed by atoms with Crippen LogP contribution in [0.1, 0.15) is 0 Å². The molecule has 0 amide bonds. The quantitative estimate of drug-likeness (QED) is 0.828. The van der Waals surface area contributed by atoms with E-state index in [0.717, 1.165) is 17.1 Å². The molecule has 0 aliphatic heterocycles. The molecule has 17 heavy (non-hydrogen) atoms. The largest absolute Gasteiger partial charge is 0.491 e. The van der Waals surface area contributed by atoms with Gasteiger partial charge in [-0.25, -0.2) is 0 Å². The van der Waals surface area contributed by atoms with Crippen LogP contribution >= 0.6 is 0 Å². The topological polar surface area (TPSA) is 41.5 Å². The average molecular weight is 229 g/mol. The number of rotatable bonds is 5. The Kier molecular flexibility index (Phi) is 4.00. The second-order valence-corrected chi connectivity index (χ2v) is 3.59. The summed E-state index contributed by atoms with van der Waals surface area (Å²) in [5.74, 6) is 0.750. The van der Waals surface area contributed by atoms with Crippen LogP contribution in [0, 0.1) is 0 Å². The molecule has 0 saturated heterocycles. The Morgan fingerprint density at radius 1 is 0.941 bits per heavy atom. The second kappa shape index (κ2) is 5.92. The molecule has 0 saturated carbocycles. The molecule has 0 atom stereocenters. The van der Waals surface area contributed by atoms with Crippen molar-refractivity contribution in [2.45, 2.75) is 0 Å². The summed E-state index contributed by atoms with van der Waals surface area (Å²) in [6.07, 6.45) is 0. The molecular weight excluding hydrogens is 214 g/mol. The van der Waals surface area contributed by atoms with Crippen molar-refractivity contribution in [3.8, 4) is 5.75 Å². The van der Waals surface area contributed by atoms with E-state index in [-0.39, 0.29) is 6.61 Å². The summed E-state index contributed by atoms with van der Waals surface area (Å²) in [5, 5.41) is 12.0. The van der Waals surface area contributed by atoms with E-state index in [1.165, 1.54) is 0 Å². The van der Waals surface area contributed by atoms with Crippen molar-refractivity contribution in [1.29, 1.82) is 0 Å². The molecule has 0 aliphatic rings. The van der Waals surface area contributed by atoms with Gasteiger partial charge in [-0.15, -0.1) is 0 Å². The lowest BCUT2D eigenvalue weighted by Gasteiger charge is -2.09. The molecule has 0 unspecified atom stereocenters. The molecule has 0 bridgehead atoms. The molecule has 2 rings (SSSR count). The highest BCUT2D eigenvalue weighted by atomic mass is 16.5. The van der Waals surface area contributed by atoms with E-state index in [9.17, 15) is 0 Å². The third-order valence-electron chi connectivity index (χ3n) is 2.26. The minimum atomic E-state index is 0.0241. The van der Waals surface area contributed by atoms with Gasteiger partial charge >= 0.3 is 0 Å². The molecule has 0 aromatic heterocycles. The normalized spacial score (nSPS) is 9.94. The Labute approximate surface area is 101 Å². The van der Waals surface area contributed by atoms with Gasteiger partial charge in [0.05, 0.1) is 6.61 Å². The van der Waals surface area contributed by atoms with Gasteiger partial charge in [0.25, 0.3) is 0 Å². The van der Waals surface area contributed by atoms with Crippen LogP contribution in [-0.2, 0) is 0 Å². The highest BCUT2D eigenvalue weighted by molar-refractivity contribution is 5.60. The Morgan fingerprint density at radius 3 is 2.47 bits per heavy atom.